The van der Waals surface area contributed by atoms with Gasteiger partial charge in [0.15, 0.2) is 16.7 Å². The lowest BCUT2D eigenvalue weighted by Crippen LogP contribution is -2.29. The molecule has 0 spiro atoms. The molecule has 1 saturated heterocycles. The Morgan fingerprint density at radius 3 is 2.67 bits per heavy atom. The Hall–Kier alpha value is -2.27. The number of benzene rings is 1. The first-order chi connectivity index (χ1) is 15.8. The normalized spacial score (nSPS) is 16.6. The van der Waals surface area contributed by atoms with Crippen molar-refractivity contribution in [2.45, 2.75) is 24.0 Å². The van der Waals surface area contributed by atoms with E-state index in [1.807, 2.05) is 6.07 Å². The molecule has 3 rings (SSSR count). The smallest absolute Gasteiger partial charge is 0.294 e. The molecule has 0 N–H and O–H groups in total. The van der Waals surface area contributed by atoms with Gasteiger partial charge >= 0.3 is 0 Å². The largest absolute Gasteiger partial charge is 0.493 e. The fourth-order valence-electron chi connectivity index (χ4n) is 2.82. The van der Waals surface area contributed by atoms with Crippen molar-refractivity contribution in [2.24, 2.45) is 4.40 Å². The van der Waals surface area contributed by atoms with Gasteiger partial charge in [0.2, 0.25) is 0 Å². The van der Waals surface area contributed by atoms with Crippen molar-refractivity contribution in [1.29, 1.82) is 0 Å². The summed E-state index contributed by atoms with van der Waals surface area (Å²) in [4.78, 5) is 14.6. The maximum absolute atomic E-state index is 13.0. The molecule has 11 heteroatoms. The topological polar surface area (TPSA) is 85.3 Å². The summed E-state index contributed by atoms with van der Waals surface area (Å²) < 4.78 is 40.8. The molecule has 7 nitrogen and oxygen atoms in total. The molecular formula is C22H23ClN2O5S3. The molecular weight excluding hydrogens is 504 g/mol. The molecule has 1 aliphatic heterocycles. The average molecular weight is 527 g/mol. The molecule has 1 fully saturated rings. The van der Waals surface area contributed by atoms with Gasteiger partial charge in [0.25, 0.3) is 15.9 Å². The number of hydrogen-bond donors (Lipinski definition) is 0. The second-order valence-corrected chi connectivity index (χ2v) is 11.4. The molecule has 0 unspecified atom stereocenters. The molecule has 2 aromatic rings. The monoisotopic (exact) mass is 526 g/mol. The first-order valence-corrected chi connectivity index (χ1v) is 13.5. The zero-order chi connectivity index (χ0) is 24.0. The summed E-state index contributed by atoms with van der Waals surface area (Å²) >= 11 is 7.75. The first-order valence-electron chi connectivity index (χ1n) is 10.0. The van der Waals surface area contributed by atoms with Crippen molar-refractivity contribution < 1.29 is 22.7 Å². The van der Waals surface area contributed by atoms with E-state index < -0.39 is 10.0 Å². The minimum absolute atomic E-state index is 0.00688. The first kappa shape index (κ1) is 25.4. The molecule has 1 aromatic carbocycles. The number of carbonyl (C=O) groups excluding carboxylic acids is 1. The Labute approximate surface area is 206 Å². The van der Waals surface area contributed by atoms with Crippen LogP contribution in [0, 0.1) is 0 Å². The Balaban J connectivity index is 1.91. The van der Waals surface area contributed by atoms with Gasteiger partial charge in [0.05, 0.1) is 23.0 Å². The summed E-state index contributed by atoms with van der Waals surface area (Å²) in [5, 5.41) is 0.0576. The van der Waals surface area contributed by atoms with Crippen molar-refractivity contribution in [3.63, 3.8) is 0 Å². The van der Waals surface area contributed by atoms with Gasteiger partial charge in [-0.15, -0.1) is 22.3 Å². The number of thiophene rings is 1. The number of methoxy groups -OCH3 is 1. The number of rotatable bonds is 10. The van der Waals surface area contributed by atoms with Crippen molar-refractivity contribution >= 4 is 61.9 Å². The van der Waals surface area contributed by atoms with Crippen LogP contribution < -0.4 is 9.47 Å². The second-order valence-electron chi connectivity index (χ2n) is 6.83. The number of halogens is 1. The highest BCUT2D eigenvalue weighted by molar-refractivity contribution is 8.19. The Kier molecular flexibility index (Phi) is 8.63. The Morgan fingerprint density at radius 2 is 2.03 bits per heavy atom. The van der Waals surface area contributed by atoms with E-state index in [4.69, 9.17) is 21.1 Å². The molecule has 0 bridgehead atoms. The summed E-state index contributed by atoms with van der Waals surface area (Å²) in [5.74, 6) is 0.805. The third-order valence-corrected chi connectivity index (χ3v) is 8.53. The highest BCUT2D eigenvalue weighted by Crippen LogP contribution is 2.36. The summed E-state index contributed by atoms with van der Waals surface area (Å²) in [6, 6.07) is 8.23. The summed E-state index contributed by atoms with van der Waals surface area (Å²) in [5.41, 5.74) is 0.707. The molecule has 2 heterocycles. The molecule has 1 aliphatic rings. The average Bonchev–Trinajstić information content (AvgIpc) is 3.34. The lowest BCUT2D eigenvalue weighted by Gasteiger charge is -2.12. The van der Waals surface area contributed by atoms with Crippen LogP contribution >= 0.6 is 34.7 Å². The fourth-order valence-corrected chi connectivity index (χ4v) is 6.47. The van der Waals surface area contributed by atoms with Gasteiger partial charge in [-0.1, -0.05) is 37.1 Å². The fraction of sp³-hybridized carbons (Fsp3) is 0.273. The van der Waals surface area contributed by atoms with Crippen LogP contribution in [0.1, 0.15) is 25.3 Å². The highest BCUT2D eigenvalue weighted by Gasteiger charge is 2.34. The van der Waals surface area contributed by atoms with E-state index in [-0.39, 0.29) is 21.8 Å². The zero-order valence-corrected chi connectivity index (χ0v) is 21.3. The predicted octanol–water partition coefficient (Wildman–Crippen LogP) is 5.44. The van der Waals surface area contributed by atoms with Crippen LogP contribution in [-0.2, 0) is 14.8 Å². The molecule has 0 aliphatic carbocycles. The van der Waals surface area contributed by atoms with Crippen LogP contribution in [-0.4, -0.2) is 44.7 Å². The maximum atomic E-state index is 13.0. The number of unbranched alkanes of at least 4 members (excludes halogenated alkanes) is 1. The number of ether oxygens (including phenoxy) is 2. The van der Waals surface area contributed by atoms with E-state index in [9.17, 15) is 13.2 Å². The van der Waals surface area contributed by atoms with Gasteiger partial charge in [-0.2, -0.15) is 8.42 Å². The van der Waals surface area contributed by atoms with Gasteiger partial charge < -0.3 is 9.47 Å². The lowest BCUT2D eigenvalue weighted by molar-refractivity contribution is -0.121. The van der Waals surface area contributed by atoms with Crippen LogP contribution in [0.2, 0.25) is 4.34 Å². The standard InChI is InChI=1S/C22H23ClN2O5S3/c1-4-6-12-30-16-8-7-15(13-17(16)29-3)14-18-21(26)25(11-5-2)22(31-18)24-33(27,28)20-10-9-19(23)32-20/h5,7-10,13-14H,2,4,6,11-12H2,1,3H3/b18-14-,24-22?. The van der Waals surface area contributed by atoms with E-state index in [1.165, 1.54) is 23.1 Å². The third-order valence-electron chi connectivity index (χ3n) is 4.44. The number of sulfonamides is 1. The summed E-state index contributed by atoms with van der Waals surface area (Å²) in [7, 11) is -2.46. The van der Waals surface area contributed by atoms with Gasteiger partial charge in [-0.3, -0.25) is 9.69 Å². The summed E-state index contributed by atoms with van der Waals surface area (Å²) in [6.45, 7) is 6.44. The number of hydrogen-bond acceptors (Lipinski definition) is 7. The second kappa shape index (κ2) is 11.2. The Morgan fingerprint density at radius 1 is 1.24 bits per heavy atom. The molecule has 1 aromatic heterocycles. The zero-order valence-electron chi connectivity index (χ0n) is 18.1. The van der Waals surface area contributed by atoms with E-state index in [0.717, 1.165) is 35.9 Å². The van der Waals surface area contributed by atoms with Crippen LogP contribution in [0.5, 0.6) is 11.5 Å². The van der Waals surface area contributed by atoms with Gasteiger partial charge in [0.1, 0.15) is 4.21 Å². The van der Waals surface area contributed by atoms with Crippen molar-refractivity contribution in [2.75, 3.05) is 20.3 Å². The third kappa shape index (κ3) is 6.20. The van der Waals surface area contributed by atoms with E-state index in [2.05, 4.69) is 17.9 Å². The van der Waals surface area contributed by atoms with Crippen molar-refractivity contribution in [1.82, 2.24) is 4.90 Å². The lowest BCUT2D eigenvalue weighted by atomic mass is 10.2. The van der Waals surface area contributed by atoms with Crippen LogP contribution in [0.3, 0.4) is 0 Å². The SMILES string of the molecule is C=CCN1C(=O)/C(=C/c2ccc(OCCCC)c(OC)c2)SC1=NS(=O)(=O)c1ccc(Cl)s1. The minimum Gasteiger partial charge on any atom is -0.493 e. The van der Waals surface area contributed by atoms with Crippen LogP contribution in [0.15, 0.2) is 56.5 Å². The van der Waals surface area contributed by atoms with Gasteiger partial charge in [-0.05, 0) is 54.1 Å². The number of amidine groups is 1. The molecule has 1 amide bonds. The van der Waals surface area contributed by atoms with Gasteiger partial charge in [0, 0.05) is 6.54 Å². The van der Waals surface area contributed by atoms with E-state index in [0.29, 0.717) is 32.9 Å². The maximum Gasteiger partial charge on any atom is 0.294 e. The Bertz CT molecular complexity index is 1200. The number of carbonyl (C=O) groups is 1. The highest BCUT2D eigenvalue weighted by atomic mass is 35.5. The summed E-state index contributed by atoms with van der Waals surface area (Å²) in [6.07, 6.45) is 5.13. The van der Waals surface area contributed by atoms with E-state index >= 15 is 0 Å². The molecule has 0 atom stereocenters. The van der Waals surface area contributed by atoms with E-state index in [1.54, 1.807) is 25.3 Å². The number of nitrogens with zero attached hydrogens (tertiary/aromatic N) is 2. The minimum atomic E-state index is -4.01. The molecule has 0 saturated carbocycles. The van der Waals surface area contributed by atoms with Crippen LogP contribution in [0.25, 0.3) is 6.08 Å². The number of amides is 1. The van der Waals surface area contributed by atoms with Crippen molar-refractivity contribution in [3.8, 4) is 11.5 Å². The number of thioether (sulfide) groups is 1. The molecule has 33 heavy (non-hydrogen) atoms. The van der Waals surface area contributed by atoms with Crippen molar-refractivity contribution in [3.05, 3.63) is 57.8 Å². The molecule has 176 valence electrons. The quantitative estimate of drug-likeness (QED) is 0.233. The predicted molar refractivity (Wildman–Crippen MR) is 135 cm³/mol. The van der Waals surface area contributed by atoms with Gasteiger partial charge in [-0.25, -0.2) is 0 Å². The molecule has 0 radical (unpaired) electrons. The van der Waals surface area contributed by atoms with Crippen LogP contribution in [0.4, 0.5) is 0 Å².